The molecule has 21 heavy (non-hydrogen) atoms. The summed E-state index contributed by atoms with van der Waals surface area (Å²) in [5, 5.41) is 0.616. The lowest BCUT2D eigenvalue weighted by molar-refractivity contribution is 0.388. The lowest BCUT2D eigenvalue weighted by atomic mass is 9.99. The molecule has 0 amide bonds. The summed E-state index contributed by atoms with van der Waals surface area (Å²) in [4.78, 5) is 4.50. The molecule has 1 aromatic heterocycles. The average Bonchev–Trinajstić information content (AvgIpc) is 2.37. The van der Waals surface area contributed by atoms with Crippen molar-refractivity contribution in [3.8, 4) is 0 Å². The van der Waals surface area contributed by atoms with Crippen LogP contribution in [-0.4, -0.2) is 25.0 Å². The first-order chi connectivity index (χ1) is 9.65. The van der Waals surface area contributed by atoms with E-state index in [0.29, 0.717) is 10.9 Å². The van der Waals surface area contributed by atoms with E-state index in [1.165, 1.54) is 0 Å². The Hall–Kier alpha value is -1.50. The van der Waals surface area contributed by atoms with E-state index >= 15 is 0 Å². The second kappa shape index (κ2) is 5.36. The highest BCUT2D eigenvalue weighted by Gasteiger charge is 2.30. The van der Waals surface area contributed by atoms with E-state index < -0.39 is 15.6 Å². The summed E-state index contributed by atoms with van der Waals surface area (Å²) < 4.78 is 28.0. The Labute approximate surface area is 125 Å². The first kappa shape index (κ1) is 15.9. The molecule has 0 fully saturated rings. The van der Waals surface area contributed by atoms with Crippen LogP contribution in [-0.2, 0) is 10.0 Å². The molecule has 3 N–H and O–H groups in total. The molecule has 0 aliphatic rings. The van der Waals surface area contributed by atoms with Gasteiger partial charge >= 0.3 is 0 Å². The van der Waals surface area contributed by atoms with Crippen LogP contribution in [0.25, 0.3) is 10.9 Å². The average molecular weight is 307 g/mol. The fraction of sp³-hybridized carbons (Fsp3) is 0.400. The summed E-state index contributed by atoms with van der Waals surface area (Å²) in [6.07, 6.45) is 1.66. The predicted octanol–water partition coefficient (Wildman–Crippen LogP) is 1.95. The van der Waals surface area contributed by atoms with Gasteiger partial charge in [0.05, 0.1) is 10.4 Å². The molecule has 1 aromatic carbocycles. The normalized spacial score (nSPS) is 14.3. The molecule has 5 nitrogen and oxygen atoms in total. The minimum Gasteiger partial charge on any atom is -0.326 e. The van der Waals surface area contributed by atoms with Gasteiger partial charge in [-0.25, -0.2) is 13.1 Å². The molecule has 6 heteroatoms. The standard InChI is InChI=1S/C15H21N3O2S/c1-10-7-8-13(12-6-5-9-17-14(10)12)21(19,20)18-15(3,4)11(2)16/h5-9,11,18H,16H2,1-4H3. The van der Waals surface area contributed by atoms with E-state index in [-0.39, 0.29) is 10.9 Å². The van der Waals surface area contributed by atoms with Crippen molar-refractivity contribution in [1.82, 2.24) is 9.71 Å². The summed E-state index contributed by atoms with van der Waals surface area (Å²) in [5.74, 6) is 0. The highest BCUT2D eigenvalue weighted by Crippen LogP contribution is 2.25. The monoisotopic (exact) mass is 307 g/mol. The lowest BCUT2D eigenvalue weighted by Crippen LogP contribution is -2.54. The number of sulfonamides is 1. The van der Waals surface area contributed by atoms with Crippen LogP contribution in [0.2, 0.25) is 0 Å². The Morgan fingerprint density at radius 2 is 1.95 bits per heavy atom. The van der Waals surface area contributed by atoms with Crippen molar-refractivity contribution in [2.24, 2.45) is 5.73 Å². The van der Waals surface area contributed by atoms with Gasteiger partial charge < -0.3 is 5.73 Å². The topological polar surface area (TPSA) is 85.1 Å². The molecular formula is C15H21N3O2S. The SMILES string of the molecule is Cc1ccc(S(=O)(=O)NC(C)(C)C(C)N)c2cccnc12. The van der Waals surface area contributed by atoms with E-state index in [1.807, 2.05) is 6.92 Å². The largest absolute Gasteiger partial charge is 0.326 e. The predicted molar refractivity (Wildman–Crippen MR) is 84.5 cm³/mol. The Bertz CT molecular complexity index is 768. The molecule has 1 heterocycles. The van der Waals surface area contributed by atoms with Gasteiger partial charge in [0.2, 0.25) is 10.0 Å². The zero-order chi connectivity index (χ0) is 15.8. The first-order valence-electron chi connectivity index (χ1n) is 6.79. The third kappa shape index (κ3) is 3.07. The molecule has 2 aromatic rings. The Kier molecular flexibility index (Phi) is 4.06. The van der Waals surface area contributed by atoms with E-state index in [0.717, 1.165) is 5.56 Å². The number of nitrogens with zero attached hydrogens (tertiary/aromatic N) is 1. The molecule has 2 rings (SSSR count). The summed E-state index contributed by atoms with van der Waals surface area (Å²) in [6.45, 7) is 7.22. The number of aryl methyl sites for hydroxylation is 1. The van der Waals surface area contributed by atoms with Crippen molar-refractivity contribution in [2.45, 2.75) is 44.2 Å². The van der Waals surface area contributed by atoms with Gasteiger partial charge in [0.15, 0.2) is 0 Å². The number of nitrogens with two attached hydrogens (primary N) is 1. The fourth-order valence-corrected chi connectivity index (χ4v) is 3.71. The summed E-state index contributed by atoms with van der Waals surface area (Å²) in [5.41, 5.74) is 6.75. The number of hydrogen-bond donors (Lipinski definition) is 2. The number of benzene rings is 1. The van der Waals surface area contributed by atoms with Gasteiger partial charge in [0.25, 0.3) is 0 Å². The van der Waals surface area contributed by atoms with E-state index in [1.54, 1.807) is 51.2 Å². The molecule has 0 saturated carbocycles. The van der Waals surface area contributed by atoms with Crippen LogP contribution < -0.4 is 10.5 Å². The van der Waals surface area contributed by atoms with Crippen LogP contribution in [0.15, 0.2) is 35.4 Å². The number of nitrogens with one attached hydrogen (secondary N) is 1. The number of pyridine rings is 1. The molecular weight excluding hydrogens is 286 g/mol. The zero-order valence-corrected chi connectivity index (χ0v) is 13.5. The highest BCUT2D eigenvalue weighted by atomic mass is 32.2. The molecule has 1 unspecified atom stereocenters. The summed E-state index contributed by atoms with van der Waals surface area (Å²) >= 11 is 0. The maximum absolute atomic E-state index is 12.7. The Morgan fingerprint density at radius 3 is 2.57 bits per heavy atom. The van der Waals surface area contributed by atoms with Gasteiger partial charge in [-0.05, 0) is 51.5 Å². The van der Waals surface area contributed by atoms with Crippen LogP contribution in [0.5, 0.6) is 0 Å². The van der Waals surface area contributed by atoms with Crippen molar-refractivity contribution in [3.63, 3.8) is 0 Å². The molecule has 0 aliphatic heterocycles. The van der Waals surface area contributed by atoms with Crippen molar-refractivity contribution >= 4 is 20.9 Å². The number of aromatic nitrogens is 1. The first-order valence-corrected chi connectivity index (χ1v) is 8.27. The molecule has 0 aliphatic carbocycles. The van der Waals surface area contributed by atoms with Gasteiger partial charge in [-0.2, -0.15) is 0 Å². The van der Waals surface area contributed by atoms with Gasteiger partial charge in [-0.3, -0.25) is 4.98 Å². The van der Waals surface area contributed by atoms with Gasteiger partial charge in [0, 0.05) is 23.2 Å². The lowest BCUT2D eigenvalue weighted by Gasteiger charge is -2.30. The minimum atomic E-state index is -3.68. The van der Waals surface area contributed by atoms with Gasteiger partial charge in [-0.15, -0.1) is 0 Å². The minimum absolute atomic E-state index is 0.227. The highest BCUT2D eigenvalue weighted by molar-refractivity contribution is 7.89. The maximum Gasteiger partial charge on any atom is 0.241 e. The second-order valence-corrected chi connectivity index (χ2v) is 7.55. The van der Waals surface area contributed by atoms with E-state index in [9.17, 15) is 8.42 Å². The van der Waals surface area contributed by atoms with Crippen LogP contribution >= 0.6 is 0 Å². The van der Waals surface area contributed by atoms with Gasteiger partial charge in [0.1, 0.15) is 0 Å². The Morgan fingerprint density at radius 1 is 1.29 bits per heavy atom. The van der Waals surface area contributed by atoms with Crippen molar-refractivity contribution in [1.29, 1.82) is 0 Å². The van der Waals surface area contributed by atoms with E-state index in [4.69, 9.17) is 5.73 Å². The molecule has 0 spiro atoms. The maximum atomic E-state index is 12.7. The van der Waals surface area contributed by atoms with Crippen LogP contribution in [0.4, 0.5) is 0 Å². The number of rotatable bonds is 4. The molecule has 1 atom stereocenters. The second-order valence-electron chi connectivity index (χ2n) is 5.90. The summed E-state index contributed by atoms with van der Waals surface area (Å²) in [6, 6.07) is 6.56. The molecule has 114 valence electrons. The number of hydrogen-bond acceptors (Lipinski definition) is 4. The molecule has 0 radical (unpaired) electrons. The van der Waals surface area contributed by atoms with Crippen LogP contribution in [0.1, 0.15) is 26.3 Å². The quantitative estimate of drug-likeness (QED) is 0.904. The number of fused-ring (bicyclic) bond motifs is 1. The van der Waals surface area contributed by atoms with Crippen molar-refractivity contribution < 1.29 is 8.42 Å². The third-order valence-corrected chi connectivity index (χ3v) is 5.49. The zero-order valence-electron chi connectivity index (χ0n) is 12.7. The smallest absolute Gasteiger partial charge is 0.241 e. The van der Waals surface area contributed by atoms with E-state index in [2.05, 4.69) is 9.71 Å². The van der Waals surface area contributed by atoms with Gasteiger partial charge in [-0.1, -0.05) is 6.07 Å². The fourth-order valence-electron chi connectivity index (χ4n) is 2.02. The third-order valence-electron chi connectivity index (χ3n) is 3.76. The van der Waals surface area contributed by atoms with Crippen LogP contribution in [0.3, 0.4) is 0 Å². The summed E-state index contributed by atoms with van der Waals surface area (Å²) in [7, 11) is -3.68. The Balaban J connectivity index is 2.59. The van der Waals surface area contributed by atoms with Crippen molar-refractivity contribution in [2.75, 3.05) is 0 Å². The van der Waals surface area contributed by atoms with Crippen LogP contribution in [0, 0.1) is 6.92 Å². The molecule has 0 bridgehead atoms. The molecule has 0 saturated heterocycles. The van der Waals surface area contributed by atoms with Crippen molar-refractivity contribution in [3.05, 3.63) is 36.0 Å².